The van der Waals surface area contributed by atoms with Crippen molar-refractivity contribution in [3.63, 3.8) is 0 Å². The molecule has 0 aliphatic heterocycles. The van der Waals surface area contributed by atoms with Gasteiger partial charge in [0.25, 0.3) is 10.0 Å². The predicted molar refractivity (Wildman–Crippen MR) is 73.0 cm³/mol. The molecule has 1 heterocycles. The van der Waals surface area contributed by atoms with Crippen molar-refractivity contribution in [2.75, 3.05) is 6.54 Å². The molecule has 0 saturated heterocycles. The maximum absolute atomic E-state index is 12.1. The van der Waals surface area contributed by atoms with Crippen molar-refractivity contribution in [2.45, 2.75) is 50.2 Å². The second-order valence-corrected chi connectivity index (χ2v) is 6.89. The first-order valence-electron chi connectivity index (χ1n) is 6.78. The highest BCUT2D eigenvalue weighted by atomic mass is 32.2. The summed E-state index contributed by atoms with van der Waals surface area (Å²) in [4.78, 5) is 3.93. The summed E-state index contributed by atoms with van der Waals surface area (Å²) < 4.78 is 28.5. The average Bonchev–Trinajstić information content (AvgIpc) is 2.88. The van der Waals surface area contributed by atoms with Crippen LogP contribution in [-0.2, 0) is 16.6 Å². The van der Waals surface area contributed by atoms with E-state index >= 15 is 0 Å². The van der Waals surface area contributed by atoms with Crippen LogP contribution in [0.25, 0.3) is 0 Å². The van der Waals surface area contributed by atoms with Crippen molar-refractivity contribution in [1.29, 1.82) is 0 Å². The molecule has 19 heavy (non-hydrogen) atoms. The summed E-state index contributed by atoms with van der Waals surface area (Å²) in [5.74, 6) is 0.392. The fourth-order valence-electron chi connectivity index (χ4n) is 2.35. The molecule has 108 valence electrons. The summed E-state index contributed by atoms with van der Waals surface area (Å²) in [5, 5.41) is 0.0989. The van der Waals surface area contributed by atoms with Gasteiger partial charge in [0.1, 0.15) is 0 Å². The highest BCUT2D eigenvalue weighted by molar-refractivity contribution is 7.89. The Hall–Kier alpha value is -0.920. The molecule has 3 N–H and O–H groups in total. The van der Waals surface area contributed by atoms with Crippen molar-refractivity contribution in [3.05, 3.63) is 12.5 Å². The second kappa shape index (κ2) is 6.02. The van der Waals surface area contributed by atoms with Crippen LogP contribution in [0.5, 0.6) is 0 Å². The number of nitrogens with one attached hydrogen (secondary N) is 1. The van der Waals surface area contributed by atoms with E-state index in [-0.39, 0.29) is 11.1 Å². The zero-order valence-electron chi connectivity index (χ0n) is 11.2. The van der Waals surface area contributed by atoms with E-state index in [9.17, 15) is 8.42 Å². The molecule has 0 bridgehead atoms. The van der Waals surface area contributed by atoms with E-state index in [2.05, 4.69) is 9.71 Å². The molecule has 0 amide bonds. The summed E-state index contributed by atoms with van der Waals surface area (Å²) in [6.45, 7) is 3.13. The first-order chi connectivity index (χ1) is 9.01. The Morgan fingerprint density at radius 2 is 2.11 bits per heavy atom. The Labute approximate surface area is 114 Å². The third kappa shape index (κ3) is 3.77. The Balaban J connectivity index is 1.90. The van der Waals surface area contributed by atoms with Gasteiger partial charge in [-0.1, -0.05) is 0 Å². The number of aryl methyl sites for hydroxylation is 1. The fraction of sp³-hybridized carbons (Fsp3) is 0.750. The number of hydrogen-bond donors (Lipinski definition) is 2. The molecule has 1 aromatic rings. The maximum atomic E-state index is 12.1. The molecular weight excluding hydrogens is 264 g/mol. The number of sulfonamides is 1. The molecule has 2 rings (SSSR count). The Bertz CT molecular complexity index is 504. The van der Waals surface area contributed by atoms with Gasteiger partial charge in [0.15, 0.2) is 5.03 Å². The summed E-state index contributed by atoms with van der Waals surface area (Å²) in [7, 11) is -3.48. The summed E-state index contributed by atoms with van der Waals surface area (Å²) in [6, 6.07) is 0.285. The van der Waals surface area contributed by atoms with Crippen molar-refractivity contribution < 1.29 is 8.42 Å². The van der Waals surface area contributed by atoms with Gasteiger partial charge in [0, 0.05) is 25.3 Å². The molecule has 0 spiro atoms. The third-order valence-corrected chi connectivity index (χ3v) is 5.01. The predicted octanol–water partition coefficient (Wildman–Crippen LogP) is 0.699. The lowest BCUT2D eigenvalue weighted by molar-refractivity contribution is 0.326. The monoisotopic (exact) mass is 286 g/mol. The van der Waals surface area contributed by atoms with E-state index < -0.39 is 10.0 Å². The zero-order chi connectivity index (χ0) is 13.9. The number of hydrogen-bond acceptors (Lipinski definition) is 4. The smallest absolute Gasteiger partial charge is 0.259 e. The maximum Gasteiger partial charge on any atom is 0.259 e. The molecule has 0 aromatic carbocycles. The molecule has 1 fully saturated rings. The molecule has 1 saturated carbocycles. The van der Waals surface area contributed by atoms with E-state index in [0.29, 0.717) is 19.0 Å². The number of imidazole rings is 1. The average molecular weight is 286 g/mol. The summed E-state index contributed by atoms with van der Waals surface area (Å²) in [6.07, 6.45) is 7.04. The molecule has 0 unspecified atom stereocenters. The molecule has 7 heteroatoms. The quantitative estimate of drug-likeness (QED) is 0.833. The Morgan fingerprint density at radius 3 is 2.68 bits per heavy atom. The van der Waals surface area contributed by atoms with Crippen LogP contribution in [0, 0.1) is 5.92 Å². The largest absolute Gasteiger partial charge is 0.336 e. The Kier molecular flexibility index (Phi) is 4.59. The topological polar surface area (TPSA) is 90.0 Å². The van der Waals surface area contributed by atoms with Crippen molar-refractivity contribution in [2.24, 2.45) is 11.7 Å². The van der Waals surface area contributed by atoms with E-state index in [0.717, 1.165) is 25.7 Å². The third-order valence-electron chi connectivity index (χ3n) is 3.70. The second-order valence-electron chi connectivity index (χ2n) is 5.18. The van der Waals surface area contributed by atoms with Gasteiger partial charge in [0.2, 0.25) is 0 Å². The van der Waals surface area contributed by atoms with E-state index in [1.165, 1.54) is 6.33 Å². The zero-order valence-corrected chi connectivity index (χ0v) is 12.1. The number of rotatable bonds is 5. The van der Waals surface area contributed by atoms with Crippen LogP contribution in [0.15, 0.2) is 17.6 Å². The Morgan fingerprint density at radius 1 is 1.42 bits per heavy atom. The standard InChI is InChI=1S/C12H22N4O2S/c1-2-16-8-12(14-9-16)19(17,18)15-7-10-3-5-11(13)6-4-10/h8-11,15H,2-7,13H2,1H3. The van der Waals surface area contributed by atoms with Crippen LogP contribution >= 0.6 is 0 Å². The molecule has 1 aliphatic rings. The van der Waals surface area contributed by atoms with Gasteiger partial charge in [-0.15, -0.1) is 0 Å². The lowest BCUT2D eigenvalue weighted by Crippen LogP contribution is -2.34. The minimum Gasteiger partial charge on any atom is -0.336 e. The number of nitrogens with zero attached hydrogens (tertiary/aromatic N) is 2. The van der Waals surface area contributed by atoms with Crippen LogP contribution in [0.4, 0.5) is 0 Å². The molecule has 6 nitrogen and oxygen atoms in total. The molecule has 1 aromatic heterocycles. The van der Waals surface area contributed by atoms with Crippen molar-refractivity contribution >= 4 is 10.0 Å². The van der Waals surface area contributed by atoms with Crippen molar-refractivity contribution in [3.8, 4) is 0 Å². The van der Waals surface area contributed by atoms with Crippen LogP contribution < -0.4 is 10.5 Å². The summed E-state index contributed by atoms with van der Waals surface area (Å²) >= 11 is 0. The van der Waals surface area contributed by atoms with Gasteiger partial charge < -0.3 is 10.3 Å². The van der Waals surface area contributed by atoms with E-state index in [1.54, 1.807) is 10.8 Å². The summed E-state index contributed by atoms with van der Waals surface area (Å²) in [5.41, 5.74) is 5.84. The number of nitrogens with two attached hydrogens (primary N) is 1. The van der Waals surface area contributed by atoms with E-state index in [4.69, 9.17) is 5.73 Å². The van der Waals surface area contributed by atoms with Crippen LogP contribution in [0.1, 0.15) is 32.6 Å². The minimum absolute atomic E-state index is 0.0989. The van der Waals surface area contributed by atoms with E-state index in [1.807, 2.05) is 6.92 Å². The van der Waals surface area contributed by atoms with Gasteiger partial charge in [-0.3, -0.25) is 0 Å². The SMILES string of the molecule is CCn1cnc(S(=O)(=O)NCC2CCC(N)CC2)c1. The van der Waals surface area contributed by atoms with Gasteiger partial charge in [0.05, 0.1) is 6.33 Å². The van der Waals surface area contributed by atoms with Gasteiger partial charge >= 0.3 is 0 Å². The molecule has 0 radical (unpaired) electrons. The van der Waals surface area contributed by atoms with Gasteiger partial charge in [-0.05, 0) is 38.5 Å². The fourth-order valence-corrected chi connectivity index (χ4v) is 3.41. The highest BCUT2D eigenvalue weighted by Gasteiger charge is 2.22. The molecule has 0 atom stereocenters. The van der Waals surface area contributed by atoms with Crippen LogP contribution in [0.3, 0.4) is 0 Å². The van der Waals surface area contributed by atoms with Gasteiger partial charge in [-0.25, -0.2) is 18.1 Å². The molecular formula is C12H22N4O2S. The molecule has 1 aliphatic carbocycles. The van der Waals surface area contributed by atoms with Crippen molar-refractivity contribution in [1.82, 2.24) is 14.3 Å². The minimum atomic E-state index is -3.48. The number of aromatic nitrogens is 2. The van der Waals surface area contributed by atoms with Crippen LogP contribution in [-0.4, -0.2) is 30.6 Å². The first kappa shape index (κ1) is 14.5. The lowest BCUT2D eigenvalue weighted by Gasteiger charge is -2.25. The van der Waals surface area contributed by atoms with Gasteiger partial charge in [-0.2, -0.15) is 0 Å². The van der Waals surface area contributed by atoms with Crippen LogP contribution in [0.2, 0.25) is 0 Å². The highest BCUT2D eigenvalue weighted by Crippen LogP contribution is 2.22. The first-order valence-corrected chi connectivity index (χ1v) is 8.26. The lowest BCUT2D eigenvalue weighted by atomic mass is 9.87. The normalized spacial score (nSPS) is 24.5.